The van der Waals surface area contributed by atoms with Gasteiger partial charge < -0.3 is 9.84 Å². The van der Waals surface area contributed by atoms with Crippen LogP contribution < -0.4 is 0 Å². The molecule has 0 saturated heterocycles. The van der Waals surface area contributed by atoms with Gasteiger partial charge >= 0.3 is 5.97 Å². The van der Waals surface area contributed by atoms with E-state index in [0.29, 0.717) is 5.75 Å². The molecule has 76 valence electrons. The molecule has 1 N–H and O–H groups in total. The first-order valence-electron chi connectivity index (χ1n) is 4.06. The highest BCUT2D eigenvalue weighted by Crippen LogP contribution is 2.12. The molecule has 0 bridgehead atoms. The minimum Gasteiger partial charge on any atom is -0.508 e. The zero-order valence-corrected chi connectivity index (χ0v) is 8.36. The maximum Gasteiger partial charge on any atom is 0.329 e. The van der Waals surface area contributed by atoms with E-state index >= 15 is 0 Å². The number of rotatable bonds is 1. The zero-order valence-electron chi connectivity index (χ0n) is 8.36. The van der Waals surface area contributed by atoms with E-state index in [1.165, 1.54) is 7.11 Å². The summed E-state index contributed by atoms with van der Waals surface area (Å²) >= 11 is 0. The molecule has 0 spiro atoms. The van der Waals surface area contributed by atoms with E-state index in [2.05, 4.69) is 11.3 Å². The van der Waals surface area contributed by atoms with Gasteiger partial charge in [-0.2, -0.15) is 0 Å². The smallest absolute Gasteiger partial charge is 0.329 e. The van der Waals surface area contributed by atoms with Crippen molar-refractivity contribution in [2.75, 3.05) is 7.11 Å². The topological polar surface area (TPSA) is 46.5 Å². The second-order valence-corrected chi connectivity index (χ2v) is 2.51. The Morgan fingerprint density at radius 1 is 1.50 bits per heavy atom. The second-order valence-electron chi connectivity index (χ2n) is 2.51. The van der Waals surface area contributed by atoms with Gasteiger partial charge in [0.25, 0.3) is 0 Å². The van der Waals surface area contributed by atoms with Gasteiger partial charge in [0.05, 0.1) is 7.11 Å². The van der Waals surface area contributed by atoms with Crippen LogP contribution in [0.1, 0.15) is 5.56 Å². The number of phenols is 1. The van der Waals surface area contributed by atoms with Crippen LogP contribution in [-0.2, 0) is 9.53 Å². The van der Waals surface area contributed by atoms with E-state index in [0.717, 1.165) is 11.6 Å². The highest BCUT2D eigenvalue weighted by molar-refractivity contribution is 5.80. The van der Waals surface area contributed by atoms with Gasteiger partial charge in [-0.15, -0.1) is 0 Å². The van der Waals surface area contributed by atoms with Crippen LogP contribution in [0.15, 0.2) is 36.9 Å². The molecule has 0 fully saturated rings. The van der Waals surface area contributed by atoms with Crippen molar-refractivity contribution in [2.24, 2.45) is 0 Å². The lowest BCUT2D eigenvalue weighted by atomic mass is 10.2. The van der Waals surface area contributed by atoms with Crippen LogP contribution in [0.3, 0.4) is 0 Å². The highest BCUT2D eigenvalue weighted by Gasteiger charge is 1.87. The van der Waals surface area contributed by atoms with Gasteiger partial charge in [0.1, 0.15) is 5.75 Å². The van der Waals surface area contributed by atoms with Crippen LogP contribution >= 0.6 is 0 Å². The first-order valence-corrected chi connectivity index (χ1v) is 4.06. The molecule has 0 heterocycles. The van der Waals surface area contributed by atoms with Crippen LogP contribution in [-0.4, -0.2) is 18.2 Å². The summed E-state index contributed by atoms with van der Waals surface area (Å²) in [5.41, 5.74) is 0.924. The lowest BCUT2D eigenvalue weighted by Gasteiger charge is -1.92. The van der Waals surface area contributed by atoms with Crippen molar-refractivity contribution in [1.82, 2.24) is 0 Å². The van der Waals surface area contributed by atoms with Gasteiger partial charge in [0.2, 0.25) is 0 Å². The van der Waals surface area contributed by atoms with Crippen LogP contribution in [0.5, 0.6) is 5.75 Å². The number of carbonyl (C=O) groups excluding carboxylic acids is 1. The van der Waals surface area contributed by atoms with Crippen LogP contribution in [0, 0.1) is 6.92 Å². The average molecular weight is 194 g/mol. The molecular weight excluding hydrogens is 180 g/mol. The maximum atomic E-state index is 9.84. The normalized spacial score (nSPS) is 8.14. The lowest BCUT2D eigenvalue weighted by molar-refractivity contribution is -0.134. The SMILES string of the molecule is C=CC(=O)OC.Cc1ccccc1O. The zero-order chi connectivity index (χ0) is 11.0. The quantitative estimate of drug-likeness (QED) is 0.549. The summed E-state index contributed by atoms with van der Waals surface area (Å²) in [5.74, 6) is -0.0255. The number of benzene rings is 1. The molecule has 0 aliphatic rings. The third-order valence-corrected chi connectivity index (χ3v) is 1.48. The lowest BCUT2D eigenvalue weighted by Crippen LogP contribution is -1.91. The number of hydrogen-bond acceptors (Lipinski definition) is 3. The molecule has 0 aliphatic carbocycles. The number of esters is 1. The number of phenolic OH excluding ortho intramolecular Hbond substituents is 1. The van der Waals surface area contributed by atoms with E-state index in [4.69, 9.17) is 5.11 Å². The van der Waals surface area contributed by atoms with Gasteiger partial charge in [-0.1, -0.05) is 24.8 Å². The van der Waals surface area contributed by atoms with Crippen molar-refractivity contribution in [2.45, 2.75) is 6.92 Å². The van der Waals surface area contributed by atoms with Crippen molar-refractivity contribution in [3.05, 3.63) is 42.5 Å². The van der Waals surface area contributed by atoms with Crippen molar-refractivity contribution >= 4 is 5.97 Å². The van der Waals surface area contributed by atoms with E-state index in [9.17, 15) is 4.79 Å². The Hall–Kier alpha value is -1.77. The molecule has 14 heavy (non-hydrogen) atoms. The van der Waals surface area contributed by atoms with Crippen molar-refractivity contribution in [1.29, 1.82) is 0 Å². The molecule has 0 atom stereocenters. The Morgan fingerprint density at radius 3 is 2.29 bits per heavy atom. The monoisotopic (exact) mass is 194 g/mol. The molecule has 1 rings (SSSR count). The Labute approximate surface area is 83.6 Å². The molecule has 3 heteroatoms. The number of ether oxygens (including phenoxy) is 1. The predicted molar refractivity (Wildman–Crippen MR) is 55.1 cm³/mol. The highest BCUT2D eigenvalue weighted by atomic mass is 16.5. The fourth-order valence-electron chi connectivity index (χ4n) is 0.647. The van der Waals surface area contributed by atoms with Crippen LogP contribution in [0.2, 0.25) is 0 Å². The number of methoxy groups -OCH3 is 1. The van der Waals surface area contributed by atoms with Gasteiger partial charge in [-0.3, -0.25) is 0 Å². The Kier molecular flexibility index (Phi) is 5.87. The van der Waals surface area contributed by atoms with Gasteiger partial charge in [-0.05, 0) is 18.6 Å². The Bertz CT molecular complexity index is 284. The summed E-state index contributed by atoms with van der Waals surface area (Å²) in [6.45, 7) is 5.03. The molecule has 0 saturated carbocycles. The van der Waals surface area contributed by atoms with Gasteiger partial charge in [0, 0.05) is 6.08 Å². The molecule has 1 aromatic carbocycles. The first-order chi connectivity index (χ1) is 6.61. The molecule has 0 amide bonds. The number of para-hydroxylation sites is 1. The van der Waals surface area contributed by atoms with Crippen molar-refractivity contribution in [3.63, 3.8) is 0 Å². The summed E-state index contributed by atoms with van der Waals surface area (Å²) in [7, 11) is 1.31. The summed E-state index contributed by atoms with van der Waals surface area (Å²) in [6, 6.07) is 7.25. The molecule has 0 radical (unpaired) electrons. The van der Waals surface area contributed by atoms with Crippen molar-refractivity contribution in [3.8, 4) is 5.75 Å². The molecular formula is C11H14O3. The van der Waals surface area contributed by atoms with E-state index in [1.54, 1.807) is 6.07 Å². The molecule has 1 aromatic rings. The summed E-state index contributed by atoms with van der Waals surface area (Å²) in [6.07, 6.45) is 1.11. The minimum atomic E-state index is -0.394. The standard InChI is InChI=1S/C7H8O.C4H6O2/c1-6-4-2-3-5-7(6)8;1-3-4(5)6-2/h2-5,8H,1H3;3H,1H2,2H3. The fraction of sp³-hybridized carbons (Fsp3) is 0.182. The maximum absolute atomic E-state index is 9.84. The minimum absolute atomic E-state index is 0.368. The molecule has 0 unspecified atom stereocenters. The van der Waals surface area contributed by atoms with Gasteiger partial charge in [0.15, 0.2) is 0 Å². The third-order valence-electron chi connectivity index (χ3n) is 1.48. The van der Waals surface area contributed by atoms with Gasteiger partial charge in [-0.25, -0.2) is 4.79 Å². The summed E-state index contributed by atoms with van der Waals surface area (Å²) < 4.78 is 4.14. The fourth-order valence-corrected chi connectivity index (χ4v) is 0.647. The predicted octanol–water partition coefficient (Wildman–Crippen LogP) is 2.05. The largest absolute Gasteiger partial charge is 0.508 e. The van der Waals surface area contributed by atoms with Crippen molar-refractivity contribution < 1.29 is 14.6 Å². The summed E-state index contributed by atoms with van der Waals surface area (Å²) in [5, 5.41) is 8.92. The Morgan fingerprint density at radius 2 is 2.07 bits per heavy atom. The van der Waals surface area contributed by atoms with Crippen LogP contribution in [0.25, 0.3) is 0 Å². The Balaban J connectivity index is 0.000000255. The molecule has 0 aliphatic heterocycles. The number of hydrogen-bond donors (Lipinski definition) is 1. The van der Waals surface area contributed by atoms with Crippen LogP contribution in [0.4, 0.5) is 0 Å². The number of aromatic hydroxyl groups is 1. The first kappa shape index (κ1) is 12.2. The molecule has 0 aromatic heterocycles. The average Bonchev–Trinajstić information content (AvgIpc) is 2.22. The number of aryl methyl sites for hydroxylation is 1. The van der Waals surface area contributed by atoms with E-state index in [-0.39, 0.29) is 0 Å². The summed E-state index contributed by atoms with van der Waals surface area (Å²) in [4.78, 5) is 9.84. The van der Waals surface area contributed by atoms with E-state index in [1.807, 2.05) is 25.1 Å². The molecule has 3 nitrogen and oxygen atoms in total. The second kappa shape index (κ2) is 6.71. The third kappa shape index (κ3) is 4.98. The van der Waals surface area contributed by atoms with E-state index < -0.39 is 5.97 Å². The number of carbonyl (C=O) groups is 1.